The van der Waals surface area contributed by atoms with Gasteiger partial charge < -0.3 is 14.4 Å². The van der Waals surface area contributed by atoms with Gasteiger partial charge in [-0.1, -0.05) is 36.4 Å². The number of morpholine rings is 1. The molecule has 35 heavy (non-hydrogen) atoms. The fraction of sp³-hybridized carbons (Fsp3) is 0.185. The van der Waals surface area contributed by atoms with Crippen molar-refractivity contribution in [2.75, 3.05) is 31.2 Å². The molecule has 0 amide bonds. The molecule has 1 aliphatic rings. The topological polar surface area (TPSA) is 81.6 Å². The van der Waals surface area contributed by atoms with Gasteiger partial charge in [0.1, 0.15) is 17.3 Å². The largest absolute Gasteiger partial charge is 0.457 e. The van der Waals surface area contributed by atoms with Crippen LogP contribution in [0.25, 0.3) is 11.4 Å². The molecule has 178 valence electrons. The van der Waals surface area contributed by atoms with Crippen LogP contribution >= 0.6 is 0 Å². The van der Waals surface area contributed by atoms with Gasteiger partial charge in [-0.25, -0.2) is 18.4 Å². The lowest BCUT2D eigenvalue weighted by atomic mass is 10.2. The number of rotatable bonds is 7. The molecule has 0 saturated carbocycles. The molecule has 0 bridgehead atoms. The van der Waals surface area contributed by atoms with E-state index < -0.39 is 9.84 Å². The molecule has 0 radical (unpaired) electrons. The Bertz CT molecular complexity index is 1370. The van der Waals surface area contributed by atoms with Crippen molar-refractivity contribution in [3.8, 4) is 22.9 Å². The van der Waals surface area contributed by atoms with E-state index >= 15 is 0 Å². The first-order chi connectivity index (χ1) is 17.1. The van der Waals surface area contributed by atoms with Gasteiger partial charge >= 0.3 is 0 Å². The fourth-order valence-electron chi connectivity index (χ4n) is 3.84. The van der Waals surface area contributed by atoms with Crippen molar-refractivity contribution in [2.24, 2.45) is 0 Å². The van der Waals surface area contributed by atoms with Crippen LogP contribution in [0.2, 0.25) is 0 Å². The second kappa shape index (κ2) is 10.2. The first-order valence-electron chi connectivity index (χ1n) is 11.4. The van der Waals surface area contributed by atoms with Crippen LogP contribution in [0.1, 0.15) is 5.69 Å². The molecule has 1 fully saturated rings. The van der Waals surface area contributed by atoms with E-state index in [4.69, 9.17) is 14.5 Å². The summed E-state index contributed by atoms with van der Waals surface area (Å²) in [6.07, 6.45) is 0. The number of hydrogen-bond donors (Lipinski definition) is 0. The summed E-state index contributed by atoms with van der Waals surface area (Å²) in [5.74, 6) is 2.40. The molecule has 7 nitrogen and oxygen atoms in total. The molecule has 0 spiro atoms. The predicted octanol–water partition coefficient (Wildman–Crippen LogP) is 4.75. The number of sulfone groups is 1. The standard InChI is InChI=1S/C27H25N3O4S/c31-35(32,25-9-5-2-6-10-25)20-22-19-26(30-15-17-33-18-16-30)29-27(28-22)21-11-13-24(14-12-21)34-23-7-3-1-4-8-23/h1-14,19H,15-18,20H2. The lowest BCUT2D eigenvalue weighted by Crippen LogP contribution is -2.37. The Labute approximate surface area is 204 Å². The summed E-state index contributed by atoms with van der Waals surface area (Å²) in [6, 6.07) is 27.2. The molecule has 1 aliphatic heterocycles. The van der Waals surface area contributed by atoms with Crippen molar-refractivity contribution in [3.05, 3.63) is 96.7 Å². The number of nitrogens with zero attached hydrogens (tertiary/aromatic N) is 3. The highest BCUT2D eigenvalue weighted by molar-refractivity contribution is 7.90. The van der Waals surface area contributed by atoms with Crippen LogP contribution in [-0.2, 0) is 20.3 Å². The summed E-state index contributed by atoms with van der Waals surface area (Å²) in [5.41, 5.74) is 1.23. The highest BCUT2D eigenvalue weighted by Gasteiger charge is 2.20. The average Bonchev–Trinajstić information content (AvgIpc) is 2.90. The molecule has 1 saturated heterocycles. The van der Waals surface area contributed by atoms with E-state index in [2.05, 4.69) is 9.88 Å². The highest BCUT2D eigenvalue weighted by atomic mass is 32.2. The number of ether oxygens (including phenoxy) is 2. The van der Waals surface area contributed by atoms with Gasteiger partial charge in [0.25, 0.3) is 0 Å². The van der Waals surface area contributed by atoms with Gasteiger partial charge in [0, 0.05) is 24.7 Å². The van der Waals surface area contributed by atoms with Gasteiger partial charge in [-0.3, -0.25) is 0 Å². The Morgan fingerprint density at radius 1 is 0.800 bits per heavy atom. The zero-order chi connectivity index (χ0) is 24.1. The van der Waals surface area contributed by atoms with Crippen molar-refractivity contribution in [2.45, 2.75) is 10.6 Å². The van der Waals surface area contributed by atoms with Gasteiger partial charge in [-0.15, -0.1) is 0 Å². The Morgan fingerprint density at radius 2 is 1.43 bits per heavy atom. The third kappa shape index (κ3) is 5.67. The number of para-hydroxylation sites is 1. The zero-order valence-electron chi connectivity index (χ0n) is 19.1. The van der Waals surface area contributed by atoms with E-state index in [1.807, 2.05) is 54.6 Å². The Hall–Kier alpha value is -3.75. The average molecular weight is 488 g/mol. The molecule has 8 heteroatoms. The van der Waals surface area contributed by atoms with Crippen LogP contribution in [0.15, 0.2) is 95.9 Å². The molecule has 0 atom stereocenters. The molecule has 1 aromatic heterocycles. The van der Waals surface area contributed by atoms with Crippen LogP contribution < -0.4 is 9.64 Å². The molecule has 0 unspecified atom stereocenters. The van der Waals surface area contributed by atoms with Crippen LogP contribution in [-0.4, -0.2) is 44.7 Å². The van der Waals surface area contributed by atoms with Crippen molar-refractivity contribution < 1.29 is 17.9 Å². The quantitative estimate of drug-likeness (QED) is 0.372. The fourth-order valence-corrected chi connectivity index (χ4v) is 5.12. The minimum Gasteiger partial charge on any atom is -0.457 e. The van der Waals surface area contributed by atoms with Gasteiger partial charge in [0.15, 0.2) is 15.7 Å². The molecule has 3 aromatic carbocycles. The molecule has 4 aromatic rings. The zero-order valence-corrected chi connectivity index (χ0v) is 19.9. The van der Waals surface area contributed by atoms with Gasteiger partial charge in [-0.05, 0) is 48.5 Å². The first-order valence-corrected chi connectivity index (χ1v) is 13.0. The second-order valence-electron chi connectivity index (χ2n) is 8.15. The summed E-state index contributed by atoms with van der Waals surface area (Å²) in [6.45, 7) is 2.57. The number of hydrogen-bond acceptors (Lipinski definition) is 7. The van der Waals surface area contributed by atoms with E-state index in [9.17, 15) is 8.42 Å². The minimum atomic E-state index is -3.55. The molecular formula is C27H25N3O4S. The number of anilines is 1. The smallest absolute Gasteiger partial charge is 0.184 e. The summed E-state index contributed by atoms with van der Waals surface area (Å²) in [5, 5.41) is 0. The lowest BCUT2D eigenvalue weighted by Gasteiger charge is -2.28. The van der Waals surface area contributed by atoms with E-state index in [1.54, 1.807) is 36.4 Å². The van der Waals surface area contributed by atoms with E-state index in [-0.39, 0.29) is 10.6 Å². The number of aromatic nitrogens is 2. The van der Waals surface area contributed by atoms with E-state index in [0.717, 1.165) is 11.3 Å². The SMILES string of the molecule is O=S(=O)(Cc1cc(N2CCOCC2)nc(-c2ccc(Oc3ccccc3)cc2)n1)c1ccccc1. The third-order valence-corrected chi connectivity index (χ3v) is 7.30. The van der Waals surface area contributed by atoms with Crippen molar-refractivity contribution in [1.29, 1.82) is 0 Å². The maximum absolute atomic E-state index is 13.0. The van der Waals surface area contributed by atoms with Gasteiger partial charge in [0.05, 0.1) is 29.6 Å². The Morgan fingerprint density at radius 3 is 2.11 bits per heavy atom. The molecule has 0 aliphatic carbocycles. The number of benzene rings is 3. The Kier molecular flexibility index (Phi) is 6.74. The van der Waals surface area contributed by atoms with Gasteiger partial charge in [0.2, 0.25) is 0 Å². The van der Waals surface area contributed by atoms with Crippen molar-refractivity contribution >= 4 is 15.7 Å². The van der Waals surface area contributed by atoms with E-state index in [1.165, 1.54) is 0 Å². The van der Waals surface area contributed by atoms with E-state index in [0.29, 0.717) is 49.4 Å². The Balaban J connectivity index is 1.46. The summed E-state index contributed by atoms with van der Waals surface area (Å²) in [7, 11) is -3.55. The van der Waals surface area contributed by atoms with Crippen LogP contribution in [0.5, 0.6) is 11.5 Å². The molecule has 0 N–H and O–H groups in total. The van der Waals surface area contributed by atoms with Crippen LogP contribution in [0.3, 0.4) is 0 Å². The molecule has 5 rings (SSSR count). The van der Waals surface area contributed by atoms with Crippen LogP contribution in [0.4, 0.5) is 5.82 Å². The summed E-state index contributed by atoms with van der Waals surface area (Å²) in [4.78, 5) is 11.8. The van der Waals surface area contributed by atoms with Crippen LogP contribution in [0, 0.1) is 0 Å². The van der Waals surface area contributed by atoms with Gasteiger partial charge in [-0.2, -0.15) is 0 Å². The molecular weight excluding hydrogens is 462 g/mol. The normalized spacial score (nSPS) is 14.0. The lowest BCUT2D eigenvalue weighted by molar-refractivity contribution is 0.122. The maximum Gasteiger partial charge on any atom is 0.184 e. The third-order valence-electron chi connectivity index (χ3n) is 5.63. The summed E-state index contributed by atoms with van der Waals surface area (Å²) < 4.78 is 37.4. The highest BCUT2D eigenvalue weighted by Crippen LogP contribution is 2.27. The monoisotopic (exact) mass is 487 g/mol. The maximum atomic E-state index is 13.0. The van der Waals surface area contributed by atoms with Crippen molar-refractivity contribution in [3.63, 3.8) is 0 Å². The molecule has 2 heterocycles. The van der Waals surface area contributed by atoms with Crippen molar-refractivity contribution in [1.82, 2.24) is 9.97 Å². The first kappa shape index (κ1) is 23.0. The summed E-state index contributed by atoms with van der Waals surface area (Å²) >= 11 is 0. The minimum absolute atomic E-state index is 0.209. The second-order valence-corrected chi connectivity index (χ2v) is 10.1. The predicted molar refractivity (Wildman–Crippen MR) is 134 cm³/mol.